The van der Waals surface area contributed by atoms with Crippen molar-refractivity contribution in [3.05, 3.63) is 66.6 Å². The lowest BCUT2D eigenvalue weighted by Gasteiger charge is -2.16. The van der Waals surface area contributed by atoms with Crippen LogP contribution in [0.3, 0.4) is 0 Å². The summed E-state index contributed by atoms with van der Waals surface area (Å²) in [6, 6.07) is 17.5. The molecule has 1 heterocycles. The zero-order valence-electron chi connectivity index (χ0n) is 14.2. The van der Waals surface area contributed by atoms with Gasteiger partial charge in [-0.2, -0.15) is 0 Å². The second-order valence-corrected chi connectivity index (χ2v) is 6.48. The van der Waals surface area contributed by atoms with E-state index < -0.39 is 0 Å². The van der Waals surface area contributed by atoms with Crippen LogP contribution in [-0.2, 0) is 10.2 Å². The smallest absolute Gasteiger partial charge is 0.257 e. The van der Waals surface area contributed by atoms with Gasteiger partial charge in [-0.15, -0.1) is 10.2 Å². The molecule has 1 N–H and O–H groups in total. The Balaban J connectivity index is 1.27. The summed E-state index contributed by atoms with van der Waals surface area (Å²) in [5.41, 5.74) is 2.19. The molecule has 1 aliphatic rings. The van der Waals surface area contributed by atoms with Gasteiger partial charge < -0.3 is 14.5 Å². The standard InChI is InChI=1S/C20H19N3O3/c24-18(21-13-20(10-11-20)16-4-2-1-3-5-16)12-25-17-8-6-15(7-9-17)19-23-22-14-26-19/h1-9,14H,10-13H2,(H,21,24). The molecule has 6 nitrogen and oxygen atoms in total. The van der Waals surface area contributed by atoms with Crippen LogP contribution in [0.25, 0.3) is 11.5 Å². The van der Waals surface area contributed by atoms with Crippen LogP contribution in [-0.4, -0.2) is 29.3 Å². The molecule has 4 rings (SSSR count). The highest BCUT2D eigenvalue weighted by Gasteiger charge is 2.44. The molecule has 0 aliphatic heterocycles. The number of nitrogens with one attached hydrogen (secondary N) is 1. The van der Waals surface area contributed by atoms with Crippen LogP contribution in [0.4, 0.5) is 0 Å². The highest BCUT2D eigenvalue weighted by Crippen LogP contribution is 2.47. The first kappa shape index (κ1) is 16.3. The van der Waals surface area contributed by atoms with Crippen LogP contribution in [0, 0.1) is 0 Å². The topological polar surface area (TPSA) is 77.2 Å². The molecule has 6 heteroatoms. The number of rotatable bonds is 7. The number of ether oxygens (including phenoxy) is 1. The quantitative estimate of drug-likeness (QED) is 0.709. The molecular weight excluding hydrogens is 330 g/mol. The van der Waals surface area contributed by atoms with Gasteiger partial charge in [-0.05, 0) is 42.7 Å². The van der Waals surface area contributed by atoms with E-state index >= 15 is 0 Å². The fourth-order valence-corrected chi connectivity index (χ4v) is 2.97. The number of carbonyl (C=O) groups excluding carboxylic acids is 1. The molecule has 0 unspecified atom stereocenters. The normalized spacial score (nSPS) is 14.6. The second-order valence-electron chi connectivity index (χ2n) is 6.48. The maximum Gasteiger partial charge on any atom is 0.257 e. The Morgan fingerprint density at radius 3 is 2.54 bits per heavy atom. The summed E-state index contributed by atoms with van der Waals surface area (Å²) in [7, 11) is 0. The van der Waals surface area contributed by atoms with E-state index in [-0.39, 0.29) is 17.9 Å². The molecule has 1 amide bonds. The summed E-state index contributed by atoms with van der Waals surface area (Å²) in [6.07, 6.45) is 3.50. The number of nitrogens with zero attached hydrogens (tertiary/aromatic N) is 2. The van der Waals surface area contributed by atoms with E-state index in [1.54, 1.807) is 12.1 Å². The molecular formula is C20H19N3O3. The maximum atomic E-state index is 12.1. The summed E-state index contributed by atoms with van der Waals surface area (Å²) in [5.74, 6) is 0.950. The van der Waals surface area contributed by atoms with Crippen LogP contribution in [0.15, 0.2) is 65.4 Å². The Morgan fingerprint density at radius 1 is 1.12 bits per heavy atom. The number of amides is 1. The predicted molar refractivity (Wildman–Crippen MR) is 95.6 cm³/mol. The number of benzene rings is 2. The van der Waals surface area contributed by atoms with E-state index in [1.807, 2.05) is 30.3 Å². The average Bonchev–Trinajstić information content (AvgIpc) is 3.29. The van der Waals surface area contributed by atoms with E-state index in [2.05, 4.69) is 27.6 Å². The molecule has 3 aromatic rings. The average molecular weight is 349 g/mol. The molecule has 1 aromatic heterocycles. The zero-order chi connectivity index (χ0) is 17.8. The van der Waals surface area contributed by atoms with Gasteiger partial charge in [-0.1, -0.05) is 30.3 Å². The summed E-state index contributed by atoms with van der Waals surface area (Å²) in [5, 5.41) is 10.5. The van der Waals surface area contributed by atoms with Gasteiger partial charge >= 0.3 is 0 Å². The Labute approximate surface area is 151 Å². The van der Waals surface area contributed by atoms with Crippen LogP contribution in [0.1, 0.15) is 18.4 Å². The first-order chi connectivity index (χ1) is 12.8. The highest BCUT2D eigenvalue weighted by molar-refractivity contribution is 5.77. The summed E-state index contributed by atoms with van der Waals surface area (Å²) >= 11 is 0. The lowest BCUT2D eigenvalue weighted by molar-refractivity contribution is -0.123. The summed E-state index contributed by atoms with van der Waals surface area (Å²) < 4.78 is 10.7. The SMILES string of the molecule is O=C(COc1ccc(-c2nnco2)cc1)NCC1(c2ccccc2)CC1. The third-order valence-corrected chi connectivity index (χ3v) is 4.69. The van der Waals surface area contributed by atoms with Crippen molar-refractivity contribution in [2.75, 3.05) is 13.2 Å². The Bertz CT molecular complexity index is 857. The van der Waals surface area contributed by atoms with Gasteiger partial charge in [0.05, 0.1) is 0 Å². The minimum atomic E-state index is -0.117. The Kier molecular flexibility index (Phi) is 4.39. The first-order valence-electron chi connectivity index (χ1n) is 8.57. The van der Waals surface area contributed by atoms with Gasteiger partial charge in [0.25, 0.3) is 5.91 Å². The maximum absolute atomic E-state index is 12.1. The highest BCUT2D eigenvalue weighted by atomic mass is 16.5. The van der Waals surface area contributed by atoms with Gasteiger partial charge in [0, 0.05) is 17.5 Å². The van der Waals surface area contributed by atoms with Crippen molar-refractivity contribution in [1.82, 2.24) is 15.5 Å². The van der Waals surface area contributed by atoms with E-state index in [0.29, 0.717) is 18.2 Å². The number of hydrogen-bond donors (Lipinski definition) is 1. The van der Waals surface area contributed by atoms with Crippen molar-refractivity contribution in [3.8, 4) is 17.2 Å². The molecule has 1 saturated carbocycles. The second kappa shape index (κ2) is 7.00. The van der Waals surface area contributed by atoms with Crippen molar-refractivity contribution in [1.29, 1.82) is 0 Å². The van der Waals surface area contributed by atoms with Crippen LogP contribution in [0.2, 0.25) is 0 Å². The minimum Gasteiger partial charge on any atom is -0.484 e. The molecule has 0 radical (unpaired) electrons. The third kappa shape index (κ3) is 3.59. The van der Waals surface area contributed by atoms with E-state index in [9.17, 15) is 4.79 Å². The first-order valence-corrected chi connectivity index (χ1v) is 8.57. The van der Waals surface area contributed by atoms with Gasteiger partial charge in [0.1, 0.15) is 5.75 Å². The number of carbonyl (C=O) groups is 1. The summed E-state index contributed by atoms with van der Waals surface area (Å²) in [6.45, 7) is 0.639. The Hall–Kier alpha value is -3.15. The van der Waals surface area contributed by atoms with Crippen LogP contribution < -0.4 is 10.1 Å². The number of hydrogen-bond acceptors (Lipinski definition) is 5. The fraction of sp³-hybridized carbons (Fsp3) is 0.250. The lowest BCUT2D eigenvalue weighted by Crippen LogP contribution is -2.35. The molecule has 0 saturated heterocycles. The van der Waals surface area contributed by atoms with Crippen molar-refractivity contribution < 1.29 is 13.9 Å². The van der Waals surface area contributed by atoms with Crippen molar-refractivity contribution in [2.24, 2.45) is 0 Å². The molecule has 1 aliphatic carbocycles. The van der Waals surface area contributed by atoms with Gasteiger partial charge in [0.15, 0.2) is 6.61 Å². The van der Waals surface area contributed by atoms with Crippen molar-refractivity contribution in [3.63, 3.8) is 0 Å². The molecule has 0 bridgehead atoms. The fourth-order valence-electron chi connectivity index (χ4n) is 2.97. The lowest BCUT2D eigenvalue weighted by atomic mass is 9.96. The van der Waals surface area contributed by atoms with Crippen LogP contribution in [0.5, 0.6) is 5.75 Å². The summed E-state index contributed by atoms with van der Waals surface area (Å²) in [4.78, 5) is 12.1. The number of aromatic nitrogens is 2. The monoisotopic (exact) mass is 349 g/mol. The Morgan fingerprint density at radius 2 is 1.88 bits per heavy atom. The predicted octanol–water partition coefficient (Wildman–Crippen LogP) is 2.96. The zero-order valence-corrected chi connectivity index (χ0v) is 14.2. The van der Waals surface area contributed by atoms with Gasteiger partial charge in [-0.25, -0.2) is 0 Å². The molecule has 132 valence electrons. The molecule has 0 spiro atoms. The molecule has 0 atom stereocenters. The van der Waals surface area contributed by atoms with E-state index in [0.717, 1.165) is 18.4 Å². The minimum absolute atomic E-state index is 0.00915. The van der Waals surface area contributed by atoms with E-state index in [1.165, 1.54) is 12.0 Å². The van der Waals surface area contributed by atoms with Crippen molar-refractivity contribution in [2.45, 2.75) is 18.3 Å². The van der Waals surface area contributed by atoms with Gasteiger partial charge in [-0.3, -0.25) is 4.79 Å². The van der Waals surface area contributed by atoms with Crippen LogP contribution >= 0.6 is 0 Å². The molecule has 1 fully saturated rings. The molecule has 2 aromatic carbocycles. The molecule has 26 heavy (non-hydrogen) atoms. The van der Waals surface area contributed by atoms with Gasteiger partial charge in [0.2, 0.25) is 12.3 Å². The van der Waals surface area contributed by atoms with Crippen molar-refractivity contribution >= 4 is 5.91 Å². The largest absolute Gasteiger partial charge is 0.484 e. The third-order valence-electron chi connectivity index (χ3n) is 4.69. The van der Waals surface area contributed by atoms with E-state index in [4.69, 9.17) is 9.15 Å².